The fourth-order valence-corrected chi connectivity index (χ4v) is 9.50. The zero-order valence-corrected chi connectivity index (χ0v) is 31.0. The first-order valence-electron chi connectivity index (χ1n) is 19.3. The highest BCUT2D eigenvalue weighted by atomic mass is 16.3. The van der Waals surface area contributed by atoms with Crippen molar-refractivity contribution >= 4 is 54.8 Å². The number of furan rings is 1. The second-order valence-corrected chi connectivity index (χ2v) is 15.6. The molecule has 0 N–H and O–H groups in total. The van der Waals surface area contributed by atoms with Crippen molar-refractivity contribution in [2.24, 2.45) is 0 Å². The minimum Gasteiger partial charge on any atom is -0.453 e. The molecule has 264 valence electrons. The molecule has 0 fully saturated rings. The van der Waals surface area contributed by atoms with E-state index in [0.717, 1.165) is 66.9 Å². The Hall–Kier alpha value is -7.17. The SMILES string of the molecule is CC1(C)c2ccccc2-c2cc3c4cc(-c5cccc6c5oc5c(-n7c(-c8ccccc8)nc8ccccc87)cccc56)ccc4n(-c4ccccc4)c3cc21. The lowest BCUT2D eigenvalue weighted by molar-refractivity contribution is 0.661. The third-order valence-electron chi connectivity index (χ3n) is 12.1. The topological polar surface area (TPSA) is 35.9 Å². The molecule has 0 saturated heterocycles. The highest BCUT2D eigenvalue weighted by molar-refractivity contribution is 6.15. The molecular formula is C52H35N3O. The molecule has 0 unspecified atom stereocenters. The Morgan fingerprint density at radius 3 is 2.00 bits per heavy atom. The van der Waals surface area contributed by atoms with Gasteiger partial charge in [-0.25, -0.2) is 4.98 Å². The Labute approximate surface area is 323 Å². The molecule has 0 radical (unpaired) electrons. The number of aromatic nitrogens is 3. The average Bonchev–Trinajstić information content (AvgIpc) is 3.98. The number of para-hydroxylation sites is 5. The molecule has 56 heavy (non-hydrogen) atoms. The standard InChI is InChI=1S/C52H35N3O/c1-52(2)42-23-10-9-19-36(42)39-30-41-40-29-33(27-28-45(40)54(48(41)31-43(39)52)34-17-7-4-8-18-34)35-20-13-21-37-38-22-14-26-47(50(38)56-49(35)37)55-46-25-12-11-24-44(46)53-51(55)32-15-5-3-6-16-32/h3-31H,1-2H3. The zero-order valence-electron chi connectivity index (χ0n) is 31.0. The number of rotatable bonds is 4. The summed E-state index contributed by atoms with van der Waals surface area (Å²) in [7, 11) is 0. The van der Waals surface area contributed by atoms with Gasteiger partial charge in [0.05, 0.1) is 27.8 Å². The second-order valence-electron chi connectivity index (χ2n) is 15.6. The number of hydrogen-bond donors (Lipinski definition) is 0. The van der Waals surface area contributed by atoms with E-state index in [1.165, 1.54) is 44.1 Å². The minimum atomic E-state index is -0.0934. The Bertz CT molecular complexity index is 3380. The van der Waals surface area contributed by atoms with Gasteiger partial charge in [0.2, 0.25) is 0 Å². The lowest BCUT2D eigenvalue weighted by atomic mass is 9.82. The van der Waals surface area contributed by atoms with E-state index in [2.05, 4.69) is 187 Å². The van der Waals surface area contributed by atoms with E-state index in [0.29, 0.717) is 0 Å². The average molecular weight is 718 g/mol. The van der Waals surface area contributed by atoms with Gasteiger partial charge in [-0.3, -0.25) is 4.57 Å². The summed E-state index contributed by atoms with van der Waals surface area (Å²) in [6.07, 6.45) is 0. The van der Waals surface area contributed by atoms with Gasteiger partial charge in [0.15, 0.2) is 5.58 Å². The molecule has 0 aliphatic heterocycles. The van der Waals surface area contributed by atoms with Crippen LogP contribution >= 0.6 is 0 Å². The molecule has 0 spiro atoms. The Balaban J connectivity index is 1.10. The van der Waals surface area contributed by atoms with Crippen molar-refractivity contribution in [3.8, 4) is 45.0 Å². The molecule has 1 aliphatic carbocycles. The smallest absolute Gasteiger partial charge is 0.159 e. The second kappa shape index (κ2) is 11.4. The highest BCUT2D eigenvalue weighted by Gasteiger charge is 2.36. The summed E-state index contributed by atoms with van der Waals surface area (Å²) in [5.74, 6) is 0.887. The molecular weight excluding hydrogens is 683 g/mol. The molecule has 11 aromatic rings. The van der Waals surface area contributed by atoms with E-state index in [1.54, 1.807) is 0 Å². The molecule has 8 aromatic carbocycles. The Kier molecular flexibility index (Phi) is 6.37. The fraction of sp³-hybridized carbons (Fsp3) is 0.0577. The summed E-state index contributed by atoms with van der Waals surface area (Å²) in [6.45, 7) is 4.71. The van der Waals surface area contributed by atoms with E-state index in [4.69, 9.17) is 9.40 Å². The first-order chi connectivity index (χ1) is 27.5. The molecule has 0 atom stereocenters. The zero-order chi connectivity index (χ0) is 37.1. The van der Waals surface area contributed by atoms with Crippen LogP contribution in [0.4, 0.5) is 0 Å². The summed E-state index contributed by atoms with van der Waals surface area (Å²) < 4.78 is 11.8. The fourth-order valence-electron chi connectivity index (χ4n) is 9.50. The maximum absolute atomic E-state index is 7.08. The van der Waals surface area contributed by atoms with Gasteiger partial charge in [0.25, 0.3) is 0 Å². The van der Waals surface area contributed by atoms with Crippen molar-refractivity contribution in [3.05, 3.63) is 187 Å². The van der Waals surface area contributed by atoms with Crippen LogP contribution in [0.2, 0.25) is 0 Å². The maximum atomic E-state index is 7.08. The van der Waals surface area contributed by atoms with E-state index >= 15 is 0 Å². The quantitative estimate of drug-likeness (QED) is 0.182. The predicted octanol–water partition coefficient (Wildman–Crippen LogP) is 13.7. The lowest BCUT2D eigenvalue weighted by Gasteiger charge is -2.21. The summed E-state index contributed by atoms with van der Waals surface area (Å²) in [4.78, 5) is 5.12. The molecule has 1 aliphatic rings. The summed E-state index contributed by atoms with van der Waals surface area (Å²) in [5.41, 5.74) is 16.8. The lowest BCUT2D eigenvalue weighted by Crippen LogP contribution is -2.14. The third-order valence-corrected chi connectivity index (χ3v) is 12.1. The van der Waals surface area contributed by atoms with Crippen molar-refractivity contribution in [1.82, 2.24) is 14.1 Å². The van der Waals surface area contributed by atoms with Crippen molar-refractivity contribution in [1.29, 1.82) is 0 Å². The molecule has 0 saturated carbocycles. The van der Waals surface area contributed by atoms with Crippen LogP contribution < -0.4 is 0 Å². The Morgan fingerprint density at radius 2 is 1.14 bits per heavy atom. The van der Waals surface area contributed by atoms with Crippen LogP contribution in [0.1, 0.15) is 25.0 Å². The van der Waals surface area contributed by atoms with Gasteiger partial charge in [-0.15, -0.1) is 0 Å². The first kappa shape index (κ1) is 31.2. The predicted molar refractivity (Wildman–Crippen MR) is 231 cm³/mol. The van der Waals surface area contributed by atoms with Gasteiger partial charge >= 0.3 is 0 Å². The minimum absolute atomic E-state index is 0.0934. The van der Waals surface area contributed by atoms with E-state index in [1.807, 2.05) is 12.1 Å². The molecule has 4 heteroatoms. The third kappa shape index (κ3) is 4.27. The van der Waals surface area contributed by atoms with Crippen LogP contribution in [0.3, 0.4) is 0 Å². The summed E-state index contributed by atoms with van der Waals surface area (Å²) >= 11 is 0. The van der Waals surface area contributed by atoms with Crippen molar-refractivity contribution < 1.29 is 4.42 Å². The Morgan fingerprint density at radius 1 is 0.446 bits per heavy atom. The van der Waals surface area contributed by atoms with E-state index in [-0.39, 0.29) is 5.41 Å². The first-order valence-corrected chi connectivity index (χ1v) is 19.3. The molecule has 4 nitrogen and oxygen atoms in total. The monoisotopic (exact) mass is 717 g/mol. The number of nitrogens with zero attached hydrogens (tertiary/aromatic N) is 3. The van der Waals surface area contributed by atoms with Crippen LogP contribution in [0, 0.1) is 0 Å². The molecule has 12 rings (SSSR count). The largest absolute Gasteiger partial charge is 0.453 e. The van der Waals surface area contributed by atoms with Gasteiger partial charge in [0, 0.05) is 43.8 Å². The maximum Gasteiger partial charge on any atom is 0.159 e. The number of benzene rings is 8. The van der Waals surface area contributed by atoms with Crippen LogP contribution in [-0.2, 0) is 5.41 Å². The number of fused-ring (bicyclic) bond motifs is 10. The molecule has 0 bridgehead atoms. The van der Waals surface area contributed by atoms with Gasteiger partial charge in [-0.05, 0) is 82.4 Å². The number of imidazole rings is 1. The van der Waals surface area contributed by atoms with Gasteiger partial charge in [-0.2, -0.15) is 0 Å². The van der Waals surface area contributed by atoms with E-state index in [9.17, 15) is 0 Å². The highest BCUT2D eigenvalue weighted by Crippen LogP contribution is 2.51. The van der Waals surface area contributed by atoms with E-state index < -0.39 is 0 Å². The van der Waals surface area contributed by atoms with Crippen molar-refractivity contribution in [2.75, 3.05) is 0 Å². The van der Waals surface area contributed by atoms with Crippen molar-refractivity contribution in [2.45, 2.75) is 19.3 Å². The van der Waals surface area contributed by atoms with Crippen molar-refractivity contribution in [3.63, 3.8) is 0 Å². The normalized spacial score (nSPS) is 13.3. The van der Waals surface area contributed by atoms with Gasteiger partial charge < -0.3 is 8.98 Å². The van der Waals surface area contributed by atoms with Crippen LogP contribution in [0.5, 0.6) is 0 Å². The van der Waals surface area contributed by atoms with Crippen LogP contribution in [-0.4, -0.2) is 14.1 Å². The molecule has 0 amide bonds. The van der Waals surface area contributed by atoms with Crippen LogP contribution in [0.15, 0.2) is 180 Å². The summed E-state index contributed by atoms with van der Waals surface area (Å²) in [6, 6.07) is 63.2. The van der Waals surface area contributed by atoms with Gasteiger partial charge in [0.1, 0.15) is 11.4 Å². The molecule has 3 aromatic heterocycles. The van der Waals surface area contributed by atoms with Gasteiger partial charge in [-0.1, -0.05) is 135 Å². The number of hydrogen-bond acceptors (Lipinski definition) is 2. The molecule has 3 heterocycles. The van der Waals surface area contributed by atoms with Crippen LogP contribution in [0.25, 0.3) is 99.8 Å². The summed E-state index contributed by atoms with van der Waals surface area (Å²) in [5, 5.41) is 4.64.